The maximum atomic E-state index is 12.4. The number of nitrogens with one attached hydrogen (secondary N) is 2. The molecule has 1 amide bonds. The largest absolute Gasteiger partial charge is 0.467 e. The molecular formula is C16H25Cl2N3O3S. The standard InChI is InChI=1S/C16H23N3O3S.2ClH/c1-10(2)7-12(16(21)22-3)18-14(20)13-9-23-15(19-13)11-5-4-6-17-8-11;;/h4-6,8,10,12-13,15,19H,7,9H2,1-3H3,(H,18,20);2*1H. The van der Waals surface area contributed by atoms with Gasteiger partial charge in [0.15, 0.2) is 0 Å². The number of methoxy groups -OCH3 is 1. The molecule has 1 saturated heterocycles. The Morgan fingerprint density at radius 2 is 2.16 bits per heavy atom. The number of ether oxygens (including phenoxy) is 1. The Morgan fingerprint density at radius 3 is 2.72 bits per heavy atom. The van der Waals surface area contributed by atoms with Crippen molar-refractivity contribution in [3.8, 4) is 0 Å². The SMILES string of the molecule is COC(=O)C(CC(C)C)NC(=O)C1CSC(c2cccnc2)N1.Cl.Cl. The summed E-state index contributed by atoms with van der Waals surface area (Å²) < 4.78 is 4.78. The van der Waals surface area contributed by atoms with Crippen LogP contribution >= 0.6 is 36.6 Å². The summed E-state index contributed by atoms with van der Waals surface area (Å²) in [4.78, 5) is 28.3. The smallest absolute Gasteiger partial charge is 0.328 e. The normalized spacial score (nSPS) is 20.2. The van der Waals surface area contributed by atoms with Crippen LogP contribution in [0.1, 0.15) is 31.2 Å². The zero-order valence-electron chi connectivity index (χ0n) is 14.4. The first-order valence-electron chi connectivity index (χ1n) is 7.67. The van der Waals surface area contributed by atoms with Crippen LogP contribution in [-0.4, -0.2) is 41.8 Å². The first-order valence-corrected chi connectivity index (χ1v) is 8.72. The molecule has 0 aliphatic carbocycles. The predicted octanol–water partition coefficient (Wildman–Crippen LogP) is 2.33. The summed E-state index contributed by atoms with van der Waals surface area (Å²) in [6, 6.07) is 2.93. The molecule has 2 rings (SSSR count). The molecule has 9 heteroatoms. The van der Waals surface area contributed by atoms with Gasteiger partial charge in [-0.3, -0.25) is 15.1 Å². The lowest BCUT2D eigenvalue weighted by atomic mass is 10.0. The summed E-state index contributed by atoms with van der Waals surface area (Å²) in [7, 11) is 1.34. The minimum absolute atomic E-state index is 0. The third-order valence-corrected chi connectivity index (χ3v) is 4.86. The number of halogens is 2. The molecule has 25 heavy (non-hydrogen) atoms. The summed E-state index contributed by atoms with van der Waals surface area (Å²) in [6.45, 7) is 4.01. The lowest BCUT2D eigenvalue weighted by Gasteiger charge is -2.20. The van der Waals surface area contributed by atoms with Gasteiger partial charge >= 0.3 is 5.97 Å². The van der Waals surface area contributed by atoms with Gasteiger partial charge in [-0.15, -0.1) is 36.6 Å². The lowest BCUT2D eigenvalue weighted by molar-refractivity contribution is -0.145. The molecule has 3 unspecified atom stereocenters. The summed E-state index contributed by atoms with van der Waals surface area (Å²) in [5, 5.41) is 6.13. The third kappa shape index (κ3) is 7.01. The van der Waals surface area contributed by atoms with E-state index < -0.39 is 12.0 Å². The first-order chi connectivity index (χ1) is 11.0. The average molecular weight is 410 g/mol. The number of aromatic nitrogens is 1. The molecule has 0 bridgehead atoms. The lowest BCUT2D eigenvalue weighted by Crippen LogP contribution is -2.50. The Kier molecular flexibility index (Phi) is 11.1. The van der Waals surface area contributed by atoms with Crippen LogP contribution in [0.5, 0.6) is 0 Å². The molecule has 1 aromatic heterocycles. The van der Waals surface area contributed by atoms with E-state index in [-0.39, 0.29) is 48.1 Å². The number of esters is 1. The maximum Gasteiger partial charge on any atom is 0.328 e. The molecule has 3 atom stereocenters. The van der Waals surface area contributed by atoms with Gasteiger partial charge in [-0.05, 0) is 24.0 Å². The fraction of sp³-hybridized carbons (Fsp3) is 0.562. The third-order valence-electron chi connectivity index (χ3n) is 3.60. The second-order valence-corrected chi connectivity index (χ2v) is 7.07. The highest BCUT2D eigenvalue weighted by Crippen LogP contribution is 2.32. The van der Waals surface area contributed by atoms with Crippen molar-refractivity contribution in [3.05, 3.63) is 30.1 Å². The average Bonchev–Trinajstić information content (AvgIpc) is 3.04. The van der Waals surface area contributed by atoms with Crippen LogP contribution in [0.4, 0.5) is 0 Å². The van der Waals surface area contributed by atoms with E-state index in [2.05, 4.69) is 15.6 Å². The first kappa shape index (κ1) is 24.0. The molecule has 0 radical (unpaired) electrons. The number of thioether (sulfide) groups is 1. The van der Waals surface area contributed by atoms with E-state index in [9.17, 15) is 9.59 Å². The van der Waals surface area contributed by atoms with Crippen molar-refractivity contribution >= 4 is 48.5 Å². The van der Waals surface area contributed by atoms with E-state index in [1.807, 2.05) is 26.0 Å². The van der Waals surface area contributed by atoms with Crippen LogP contribution in [0.3, 0.4) is 0 Å². The van der Waals surface area contributed by atoms with Gasteiger partial charge in [0.05, 0.1) is 18.5 Å². The fourth-order valence-electron chi connectivity index (χ4n) is 2.45. The van der Waals surface area contributed by atoms with Crippen molar-refractivity contribution < 1.29 is 14.3 Å². The number of carbonyl (C=O) groups excluding carboxylic acids is 2. The predicted molar refractivity (Wildman–Crippen MR) is 104 cm³/mol. The number of hydrogen-bond acceptors (Lipinski definition) is 6. The van der Waals surface area contributed by atoms with Crippen molar-refractivity contribution in [2.45, 2.75) is 37.7 Å². The Balaban J connectivity index is 0.00000288. The second-order valence-electron chi connectivity index (χ2n) is 5.93. The Morgan fingerprint density at radius 1 is 1.44 bits per heavy atom. The van der Waals surface area contributed by atoms with Crippen LogP contribution in [0.15, 0.2) is 24.5 Å². The van der Waals surface area contributed by atoms with Crippen molar-refractivity contribution in [1.29, 1.82) is 0 Å². The van der Waals surface area contributed by atoms with Crippen molar-refractivity contribution in [3.63, 3.8) is 0 Å². The van der Waals surface area contributed by atoms with E-state index in [1.165, 1.54) is 7.11 Å². The van der Waals surface area contributed by atoms with Gasteiger partial charge in [0, 0.05) is 18.1 Å². The van der Waals surface area contributed by atoms with Crippen LogP contribution in [-0.2, 0) is 14.3 Å². The van der Waals surface area contributed by atoms with Crippen LogP contribution < -0.4 is 10.6 Å². The number of nitrogens with zero attached hydrogens (tertiary/aromatic N) is 1. The summed E-state index contributed by atoms with van der Waals surface area (Å²) in [5.41, 5.74) is 1.04. The van der Waals surface area contributed by atoms with Gasteiger partial charge in [-0.1, -0.05) is 19.9 Å². The van der Waals surface area contributed by atoms with Gasteiger partial charge in [0.1, 0.15) is 6.04 Å². The van der Waals surface area contributed by atoms with E-state index in [0.717, 1.165) is 5.56 Å². The minimum atomic E-state index is -0.600. The van der Waals surface area contributed by atoms with E-state index in [4.69, 9.17) is 4.74 Å². The zero-order valence-corrected chi connectivity index (χ0v) is 16.9. The molecule has 0 saturated carbocycles. The van der Waals surface area contributed by atoms with Gasteiger partial charge in [0.2, 0.25) is 5.91 Å². The van der Waals surface area contributed by atoms with Crippen LogP contribution in [0.2, 0.25) is 0 Å². The molecule has 2 heterocycles. The summed E-state index contributed by atoms with van der Waals surface area (Å²) in [5.74, 6) is 0.371. The number of carbonyl (C=O) groups is 2. The highest BCUT2D eigenvalue weighted by Gasteiger charge is 2.33. The van der Waals surface area contributed by atoms with Gasteiger partial charge < -0.3 is 10.1 Å². The fourth-order valence-corrected chi connectivity index (χ4v) is 3.67. The summed E-state index contributed by atoms with van der Waals surface area (Å²) in [6.07, 6.45) is 4.07. The Bertz CT molecular complexity index is 549. The molecule has 1 aliphatic rings. The highest BCUT2D eigenvalue weighted by atomic mass is 35.5. The molecule has 1 fully saturated rings. The topological polar surface area (TPSA) is 80.3 Å². The molecule has 0 spiro atoms. The minimum Gasteiger partial charge on any atom is -0.467 e. The maximum absolute atomic E-state index is 12.4. The monoisotopic (exact) mass is 409 g/mol. The molecule has 1 aromatic rings. The molecule has 0 aromatic carbocycles. The Hall–Kier alpha value is -1.02. The highest BCUT2D eigenvalue weighted by molar-refractivity contribution is 7.99. The summed E-state index contributed by atoms with van der Waals surface area (Å²) >= 11 is 1.66. The van der Waals surface area contributed by atoms with E-state index in [1.54, 1.807) is 24.2 Å². The molecular weight excluding hydrogens is 385 g/mol. The van der Waals surface area contributed by atoms with Crippen molar-refractivity contribution in [2.24, 2.45) is 5.92 Å². The number of hydrogen-bond donors (Lipinski definition) is 2. The molecule has 142 valence electrons. The molecule has 6 nitrogen and oxygen atoms in total. The van der Waals surface area contributed by atoms with Crippen LogP contribution in [0.25, 0.3) is 0 Å². The van der Waals surface area contributed by atoms with E-state index >= 15 is 0 Å². The number of pyridine rings is 1. The van der Waals surface area contributed by atoms with Gasteiger partial charge in [0.25, 0.3) is 0 Å². The second kappa shape index (κ2) is 11.6. The van der Waals surface area contributed by atoms with Gasteiger partial charge in [-0.25, -0.2) is 4.79 Å². The van der Waals surface area contributed by atoms with Crippen molar-refractivity contribution in [2.75, 3.05) is 12.9 Å². The van der Waals surface area contributed by atoms with Crippen LogP contribution in [0, 0.1) is 5.92 Å². The van der Waals surface area contributed by atoms with E-state index in [0.29, 0.717) is 12.2 Å². The van der Waals surface area contributed by atoms with Gasteiger partial charge in [-0.2, -0.15) is 0 Å². The molecule has 1 aliphatic heterocycles. The molecule has 2 N–H and O–H groups in total. The number of amides is 1. The van der Waals surface area contributed by atoms with Crippen molar-refractivity contribution in [1.82, 2.24) is 15.6 Å². The Labute approximate surface area is 165 Å². The number of rotatable bonds is 6. The quantitative estimate of drug-likeness (QED) is 0.701. The zero-order chi connectivity index (χ0) is 16.8.